The molecule has 0 atom stereocenters. The number of ether oxygens (including phenoxy) is 2. The number of rotatable bonds is 5. The van der Waals surface area contributed by atoms with Gasteiger partial charge in [0.2, 0.25) is 0 Å². The Morgan fingerprint density at radius 1 is 1.12 bits per heavy atom. The maximum absolute atomic E-state index is 14.2. The number of methoxy groups -OCH3 is 1. The number of carbonyl (C=O) groups is 2. The number of hydrogen-bond acceptors (Lipinski definition) is 5. The van der Waals surface area contributed by atoms with Crippen LogP contribution in [0.25, 0.3) is 0 Å². The Bertz CT molecular complexity index is 643. The lowest BCUT2D eigenvalue weighted by Crippen LogP contribution is -2.30. The second kappa shape index (κ2) is 7.37. The van der Waals surface area contributed by atoms with E-state index >= 15 is 0 Å². The highest BCUT2D eigenvalue weighted by Gasteiger charge is 2.47. The van der Waals surface area contributed by atoms with Gasteiger partial charge < -0.3 is 9.47 Å². The Hall–Kier alpha value is -1.84. The summed E-state index contributed by atoms with van der Waals surface area (Å²) in [6.07, 6.45) is -3.70. The molecule has 0 amide bonds. The van der Waals surface area contributed by atoms with Gasteiger partial charge in [-0.15, -0.1) is 11.8 Å². The first-order valence-corrected chi connectivity index (χ1v) is 7.66. The Kier molecular flexibility index (Phi) is 6.20. The predicted molar refractivity (Wildman–Crippen MR) is 75.1 cm³/mol. The van der Waals surface area contributed by atoms with Crippen LogP contribution < -0.4 is 0 Å². The monoisotopic (exact) mass is 372 g/mol. The van der Waals surface area contributed by atoms with Gasteiger partial charge in [0, 0.05) is 10.5 Å². The van der Waals surface area contributed by atoms with Crippen molar-refractivity contribution in [2.24, 2.45) is 0 Å². The van der Waals surface area contributed by atoms with Crippen LogP contribution in [0, 0.1) is 0 Å². The molecule has 24 heavy (non-hydrogen) atoms. The van der Waals surface area contributed by atoms with Crippen molar-refractivity contribution in [2.45, 2.75) is 23.9 Å². The van der Waals surface area contributed by atoms with E-state index in [0.717, 1.165) is 7.11 Å². The van der Waals surface area contributed by atoms with Gasteiger partial charge in [-0.25, -0.2) is 9.59 Å². The molecule has 4 nitrogen and oxygen atoms in total. The fourth-order valence-electron chi connectivity index (χ4n) is 1.84. The summed E-state index contributed by atoms with van der Waals surface area (Å²) in [5.74, 6) is -7.59. The molecule has 10 heteroatoms. The first-order chi connectivity index (χ1) is 11.0. The van der Waals surface area contributed by atoms with Gasteiger partial charge in [-0.05, 0) is 25.3 Å². The average Bonchev–Trinajstić information content (AvgIpc) is 2.51. The summed E-state index contributed by atoms with van der Waals surface area (Å²) in [6.45, 7) is 0.962. The van der Waals surface area contributed by atoms with Crippen molar-refractivity contribution in [3.63, 3.8) is 0 Å². The van der Waals surface area contributed by atoms with E-state index in [-0.39, 0.29) is 6.61 Å². The first kappa shape index (κ1) is 20.2. The van der Waals surface area contributed by atoms with Crippen LogP contribution in [-0.4, -0.2) is 31.9 Å². The maximum Gasteiger partial charge on any atom is 0.417 e. The molecule has 0 aromatic heterocycles. The van der Waals surface area contributed by atoms with Crippen LogP contribution in [0.5, 0.6) is 0 Å². The van der Waals surface area contributed by atoms with E-state index in [4.69, 9.17) is 0 Å². The fraction of sp³-hybridized carbons (Fsp3) is 0.429. The summed E-state index contributed by atoms with van der Waals surface area (Å²) in [6, 6.07) is 0.705. The molecule has 0 unspecified atom stereocenters. The van der Waals surface area contributed by atoms with Gasteiger partial charge in [0.05, 0.1) is 24.8 Å². The average molecular weight is 372 g/mol. The highest BCUT2D eigenvalue weighted by molar-refractivity contribution is 7.98. The molecule has 1 aromatic carbocycles. The van der Waals surface area contributed by atoms with Crippen LogP contribution in [0.2, 0.25) is 0 Å². The molecule has 0 saturated carbocycles. The standard InChI is InChI=1S/C14H13F5O4S/c1-4-23-12(21)13(15,16)9-5-7(11(20)22-2)8(14(17,18)19)6-10(9)24-3/h5-6H,4H2,1-3H3. The van der Waals surface area contributed by atoms with E-state index in [2.05, 4.69) is 9.47 Å². The van der Waals surface area contributed by atoms with Crippen LogP contribution in [0.3, 0.4) is 0 Å². The lowest BCUT2D eigenvalue weighted by Gasteiger charge is -2.21. The molecule has 0 fully saturated rings. The molecule has 134 valence electrons. The van der Waals surface area contributed by atoms with Crippen LogP contribution in [0.1, 0.15) is 28.4 Å². The molecule has 1 rings (SSSR count). The van der Waals surface area contributed by atoms with Gasteiger partial charge in [-0.1, -0.05) is 0 Å². The van der Waals surface area contributed by atoms with Gasteiger partial charge in [-0.3, -0.25) is 0 Å². The van der Waals surface area contributed by atoms with Gasteiger partial charge in [0.25, 0.3) is 0 Å². The lowest BCUT2D eigenvalue weighted by atomic mass is 9.99. The van der Waals surface area contributed by atoms with Crippen LogP contribution in [0.4, 0.5) is 22.0 Å². The summed E-state index contributed by atoms with van der Waals surface area (Å²) in [5, 5.41) is 0. The second-order valence-electron chi connectivity index (χ2n) is 4.38. The Morgan fingerprint density at radius 3 is 2.12 bits per heavy atom. The topological polar surface area (TPSA) is 52.6 Å². The number of carbonyl (C=O) groups excluding carboxylic acids is 2. The van der Waals surface area contributed by atoms with E-state index in [9.17, 15) is 31.5 Å². The molecule has 0 saturated heterocycles. The Labute approximate surface area is 138 Å². The number of alkyl halides is 5. The summed E-state index contributed by atoms with van der Waals surface area (Å²) in [7, 11) is 0.814. The summed E-state index contributed by atoms with van der Waals surface area (Å²) in [4.78, 5) is 22.5. The summed E-state index contributed by atoms with van der Waals surface area (Å²) in [5.41, 5.74) is -3.59. The van der Waals surface area contributed by atoms with Crippen molar-refractivity contribution in [3.05, 3.63) is 28.8 Å². The van der Waals surface area contributed by atoms with E-state index in [0.29, 0.717) is 23.9 Å². The molecule has 0 aliphatic rings. The molecule has 0 spiro atoms. The number of hydrogen-bond donors (Lipinski definition) is 0. The van der Waals surface area contributed by atoms with Crippen LogP contribution >= 0.6 is 11.8 Å². The third-order valence-corrected chi connectivity index (χ3v) is 3.70. The smallest absolute Gasteiger partial charge is 0.417 e. The largest absolute Gasteiger partial charge is 0.465 e. The minimum Gasteiger partial charge on any atom is -0.465 e. The minimum atomic E-state index is -4.97. The zero-order valence-corrected chi connectivity index (χ0v) is 13.6. The number of halogens is 5. The molecule has 0 aliphatic heterocycles. The van der Waals surface area contributed by atoms with Gasteiger partial charge in [0.1, 0.15) is 0 Å². The van der Waals surface area contributed by atoms with E-state index in [1.165, 1.54) is 13.2 Å². The van der Waals surface area contributed by atoms with E-state index < -0.39 is 45.6 Å². The summed E-state index contributed by atoms with van der Waals surface area (Å²) >= 11 is 0.576. The zero-order valence-electron chi connectivity index (χ0n) is 12.8. The van der Waals surface area contributed by atoms with Crippen molar-refractivity contribution < 1.29 is 41.0 Å². The maximum atomic E-state index is 14.2. The predicted octanol–water partition coefficient (Wildman–Crippen LogP) is 3.87. The molecule has 0 radical (unpaired) electrons. The third kappa shape index (κ3) is 3.97. The first-order valence-electron chi connectivity index (χ1n) is 6.43. The zero-order chi connectivity index (χ0) is 18.7. The van der Waals surface area contributed by atoms with Gasteiger partial charge >= 0.3 is 24.0 Å². The highest BCUT2D eigenvalue weighted by atomic mass is 32.2. The number of esters is 2. The van der Waals surface area contributed by atoms with Gasteiger partial charge in [-0.2, -0.15) is 22.0 Å². The third-order valence-electron chi connectivity index (χ3n) is 2.92. The lowest BCUT2D eigenvalue weighted by molar-refractivity contribution is -0.173. The molecule has 0 N–H and O–H groups in total. The van der Waals surface area contributed by atoms with Gasteiger partial charge in [0.15, 0.2) is 0 Å². The highest BCUT2D eigenvalue weighted by Crippen LogP contribution is 2.41. The van der Waals surface area contributed by atoms with Crippen molar-refractivity contribution in [1.82, 2.24) is 0 Å². The van der Waals surface area contributed by atoms with E-state index in [1.807, 2.05) is 0 Å². The molecule has 1 aromatic rings. The SMILES string of the molecule is CCOC(=O)C(F)(F)c1cc(C(=O)OC)c(C(F)(F)F)cc1SC. The number of thioether (sulfide) groups is 1. The van der Waals surface area contributed by atoms with Crippen molar-refractivity contribution >= 4 is 23.7 Å². The molecule has 0 bridgehead atoms. The molecule has 0 heterocycles. The quantitative estimate of drug-likeness (QED) is 0.446. The fourth-order valence-corrected chi connectivity index (χ4v) is 2.48. The van der Waals surface area contributed by atoms with Crippen molar-refractivity contribution in [2.75, 3.05) is 20.0 Å². The molecular formula is C14H13F5O4S. The summed E-state index contributed by atoms with van der Waals surface area (Å²) < 4.78 is 76.2. The van der Waals surface area contributed by atoms with Crippen LogP contribution in [0.15, 0.2) is 17.0 Å². The van der Waals surface area contributed by atoms with Crippen molar-refractivity contribution in [1.29, 1.82) is 0 Å². The van der Waals surface area contributed by atoms with E-state index in [1.54, 1.807) is 0 Å². The molecule has 0 aliphatic carbocycles. The number of benzene rings is 1. The van der Waals surface area contributed by atoms with Crippen molar-refractivity contribution in [3.8, 4) is 0 Å². The Balaban J connectivity index is 3.68. The molecular weight excluding hydrogens is 359 g/mol. The normalized spacial score (nSPS) is 12.0. The Morgan fingerprint density at radius 2 is 1.71 bits per heavy atom. The second-order valence-corrected chi connectivity index (χ2v) is 5.23. The van der Waals surface area contributed by atoms with Crippen LogP contribution in [-0.2, 0) is 26.4 Å². The minimum absolute atomic E-state index is 0.317.